The third-order valence-corrected chi connectivity index (χ3v) is 4.26. The van der Waals surface area contributed by atoms with Crippen LogP contribution in [0.4, 0.5) is 5.69 Å². The molecular weight excluding hydrogens is 282 g/mol. The number of benzene rings is 1. The maximum absolute atomic E-state index is 12.3. The minimum absolute atomic E-state index is 0.0840. The van der Waals surface area contributed by atoms with Crippen molar-refractivity contribution < 1.29 is 4.79 Å². The minimum atomic E-state index is -0.0840. The summed E-state index contributed by atoms with van der Waals surface area (Å²) in [6, 6.07) is 7.95. The molecule has 0 atom stereocenters. The molecule has 0 saturated heterocycles. The van der Waals surface area contributed by atoms with E-state index in [1.165, 1.54) is 16.9 Å². The lowest BCUT2D eigenvalue weighted by molar-refractivity contribution is 0.103. The summed E-state index contributed by atoms with van der Waals surface area (Å²) in [6.45, 7) is 4.75. The van der Waals surface area contributed by atoms with Crippen molar-refractivity contribution in [2.75, 3.05) is 19.4 Å². The molecule has 0 aliphatic heterocycles. The molecule has 0 radical (unpaired) electrons. The predicted molar refractivity (Wildman–Crippen MR) is 88.0 cm³/mol. The Hall–Kier alpha value is -1.72. The Morgan fingerprint density at radius 2 is 1.95 bits per heavy atom. The van der Waals surface area contributed by atoms with Crippen LogP contribution in [0.3, 0.4) is 0 Å². The monoisotopic (exact) mass is 303 g/mol. The van der Waals surface area contributed by atoms with Gasteiger partial charge >= 0.3 is 0 Å². The van der Waals surface area contributed by atoms with Crippen LogP contribution in [-0.2, 0) is 13.0 Å². The van der Waals surface area contributed by atoms with Gasteiger partial charge in [0.05, 0.1) is 5.69 Å². The van der Waals surface area contributed by atoms with Crippen LogP contribution in [0.2, 0.25) is 0 Å². The van der Waals surface area contributed by atoms with Gasteiger partial charge in [0.25, 0.3) is 5.91 Å². The van der Waals surface area contributed by atoms with Crippen LogP contribution in [-0.4, -0.2) is 29.9 Å². The molecule has 1 heterocycles. The first-order chi connectivity index (χ1) is 9.99. The SMILES string of the molecule is CCc1ccc(NC(=O)c2sc(CN(C)C)nc2C)cc1. The van der Waals surface area contributed by atoms with E-state index in [0.29, 0.717) is 4.88 Å². The summed E-state index contributed by atoms with van der Waals surface area (Å²) in [5, 5.41) is 3.90. The van der Waals surface area contributed by atoms with E-state index in [1.807, 2.05) is 50.2 Å². The third kappa shape index (κ3) is 4.12. The molecule has 0 saturated carbocycles. The van der Waals surface area contributed by atoms with Gasteiger partial charge in [-0.2, -0.15) is 0 Å². The molecule has 1 N–H and O–H groups in total. The molecule has 1 aromatic heterocycles. The van der Waals surface area contributed by atoms with E-state index in [9.17, 15) is 4.79 Å². The summed E-state index contributed by atoms with van der Waals surface area (Å²) < 4.78 is 0. The van der Waals surface area contributed by atoms with Gasteiger partial charge in [-0.15, -0.1) is 11.3 Å². The van der Waals surface area contributed by atoms with Gasteiger partial charge in [0.1, 0.15) is 9.88 Å². The molecule has 4 nitrogen and oxygen atoms in total. The van der Waals surface area contributed by atoms with Gasteiger partial charge in [0, 0.05) is 12.2 Å². The summed E-state index contributed by atoms with van der Waals surface area (Å²) >= 11 is 1.46. The van der Waals surface area contributed by atoms with Gasteiger partial charge in [-0.25, -0.2) is 4.98 Å². The molecule has 0 unspecified atom stereocenters. The Bertz CT molecular complexity index is 617. The average Bonchev–Trinajstić information content (AvgIpc) is 2.79. The lowest BCUT2D eigenvalue weighted by Gasteiger charge is -2.05. The number of aromatic nitrogens is 1. The number of amides is 1. The van der Waals surface area contributed by atoms with E-state index in [-0.39, 0.29) is 5.91 Å². The van der Waals surface area contributed by atoms with E-state index in [0.717, 1.165) is 29.4 Å². The van der Waals surface area contributed by atoms with Gasteiger partial charge in [0.15, 0.2) is 0 Å². The Labute approximate surface area is 129 Å². The Balaban J connectivity index is 2.10. The number of carbonyl (C=O) groups is 1. The highest BCUT2D eigenvalue weighted by molar-refractivity contribution is 7.13. The number of hydrogen-bond acceptors (Lipinski definition) is 4. The smallest absolute Gasteiger partial charge is 0.267 e. The van der Waals surface area contributed by atoms with E-state index >= 15 is 0 Å². The zero-order valence-corrected chi connectivity index (χ0v) is 13.8. The van der Waals surface area contributed by atoms with E-state index in [4.69, 9.17) is 0 Å². The molecule has 0 bridgehead atoms. The number of anilines is 1. The Morgan fingerprint density at radius 1 is 1.29 bits per heavy atom. The van der Waals surface area contributed by atoms with Crippen LogP contribution in [0.15, 0.2) is 24.3 Å². The zero-order chi connectivity index (χ0) is 15.4. The largest absolute Gasteiger partial charge is 0.321 e. The summed E-state index contributed by atoms with van der Waals surface area (Å²) in [5.74, 6) is -0.0840. The molecule has 2 rings (SSSR count). The maximum Gasteiger partial charge on any atom is 0.267 e. The number of hydrogen-bond donors (Lipinski definition) is 1. The van der Waals surface area contributed by atoms with E-state index in [2.05, 4.69) is 17.2 Å². The van der Waals surface area contributed by atoms with Crippen molar-refractivity contribution in [3.63, 3.8) is 0 Å². The third-order valence-electron chi connectivity index (χ3n) is 3.12. The lowest BCUT2D eigenvalue weighted by Crippen LogP contribution is -2.11. The van der Waals surface area contributed by atoms with Gasteiger partial charge in [-0.1, -0.05) is 19.1 Å². The standard InChI is InChI=1S/C16H21N3OS/c1-5-12-6-8-13(9-7-12)18-16(20)15-11(2)17-14(21-15)10-19(3)4/h6-9H,5,10H2,1-4H3,(H,18,20). The van der Waals surface area contributed by atoms with E-state index < -0.39 is 0 Å². The van der Waals surface area contributed by atoms with Crippen molar-refractivity contribution in [3.05, 3.63) is 45.4 Å². The number of rotatable bonds is 5. The highest BCUT2D eigenvalue weighted by atomic mass is 32.1. The summed E-state index contributed by atoms with van der Waals surface area (Å²) in [7, 11) is 3.98. The van der Waals surface area contributed by atoms with Crippen molar-refractivity contribution in [3.8, 4) is 0 Å². The number of nitrogens with one attached hydrogen (secondary N) is 1. The summed E-state index contributed by atoms with van der Waals surface area (Å²) in [5.41, 5.74) is 2.87. The average molecular weight is 303 g/mol. The summed E-state index contributed by atoms with van der Waals surface area (Å²) in [4.78, 5) is 19.5. The van der Waals surface area contributed by atoms with Gasteiger partial charge in [-0.05, 0) is 45.1 Å². The minimum Gasteiger partial charge on any atom is -0.321 e. The summed E-state index contributed by atoms with van der Waals surface area (Å²) in [6.07, 6.45) is 0.996. The molecular formula is C16H21N3OS. The van der Waals surface area contributed by atoms with Crippen molar-refractivity contribution >= 4 is 22.9 Å². The fraction of sp³-hybridized carbons (Fsp3) is 0.375. The van der Waals surface area contributed by atoms with Crippen LogP contribution in [0.1, 0.15) is 32.9 Å². The second-order valence-corrected chi connectivity index (χ2v) is 6.35. The fourth-order valence-electron chi connectivity index (χ4n) is 2.01. The van der Waals surface area contributed by atoms with Crippen molar-refractivity contribution in [1.29, 1.82) is 0 Å². The molecule has 0 spiro atoms. The molecule has 0 aliphatic carbocycles. The molecule has 21 heavy (non-hydrogen) atoms. The molecule has 0 fully saturated rings. The van der Waals surface area contributed by atoms with Gasteiger partial charge < -0.3 is 10.2 Å². The molecule has 5 heteroatoms. The van der Waals surface area contributed by atoms with Gasteiger partial charge in [0.2, 0.25) is 0 Å². The topological polar surface area (TPSA) is 45.2 Å². The Kier molecular flexibility index (Phi) is 5.09. The van der Waals surface area contributed by atoms with Crippen LogP contribution in [0, 0.1) is 6.92 Å². The molecule has 1 amide bonds. The van der Waals surface area contributed by atoms with Crippen LogP contribution >= 0.6 is 11.3 Å². The number of aryl methyl sites for hydroxylation is 2. The second-order valence-electron chi connectivity index (χ2n) is 5.26. The quantitative estimate of drug-likeness (QED) is 0.921. The molecule has 2 aromatic rings. The zero-order valence-electron chi connectivity index (χ0n) is 12.9. The normalized spacial score (nSPS) is 10.9. The van der Waals surface area contributed by atoms with Crippen LogP contribution in [0.5, 0.6) is 0 Å². The molecule has 0 aliphatic rings. The number of nitrogens with zero attached hydrogens (tertiary/aromatic N) is 2. The first-order valence-corrected chi connectivity index (χ1v) is 7.82. The predicted octanol–water partition coefficient (Wildman–Crippen LogP) is 3.33. The lowest BCUT2D eigenvalue weighted by atomic mass is 10.1. The van der Waals surface area contributed by atoms with E-state index in [1.54, 1.807) is 0 Å². The number of thiazole rings is 1. The Morgan fingerprint density at radius 3 is 2.52 bits per heavy atom. The maximum atomic E-state index is 12.3. The van der Waals surface area contributed by atoms with Gasteiger partial charge in [-0.3, -0.25) is 4.79 Å². The first-order valence-electron chi connectivity index (χ1n) is 7.01. The van der Waals surface area contributed by atoms with Crippen molar-refractivity contribution in [1.82, 2.24) is 9.88 Å². The fourth-order valence-corrected chi connectivity index (χ4v) is 3.09. The molecule has 112 valence electrons. The second kappa shape index (κ2) is 6.83. The van der Waals surface area contributed by atoms with Crippen LogP contribution in [0.25, 0.3) is 0 Å². The highest BCUT2D eigenvalue weighted by Crippen LogP contribution is 2.21. The number of carbonyl (C=O) groups excluding carboxylic acids is 1. The first kappa shape index (κ1) is 15.7. The highest BCUT2D eigenvalue weighted by Gasteiger charge is 2.15. The van der Waals surface area contributed by atoms with Crippen LogP contribution < -0.4 is 5.32 Å². The molecule has 1 aromatic carbocycles. The van der Waals surface area contributed by atoms with Crippen molar-refractivity contribution in [2.24, 2.45) is 0 Å². The van der Waals surface area contributed by atoms with Crippen molar-refractivity contribution in [2.45, 2.75) is 26.8 Å².